The first-order valence-corrected chi connectivity index (χ1v) is 6.90. The maximum atomic E-state index is 13.7. The predicted octanol–water partition coefficient (Wildman–Crippen LogP) is 3.17. The Labute approximate surface area is 112 Å². The van der Waals surface area contributed by atoms with Gasteiger partial charge in [-0.3, -0.25) is 0 Å². The van der Waals surface area contributed by atoms with Crippen molar-refractivity contribution in [3.05, 3.63) is 29.6 Å². The number of anilines is 1. The lowest BCUT2D eigenvalue weighted by molar-refractivity contribution is 0.419. The van der Waals surface area contributed by atoms with Crippen molar-refractivity contribution in [3.63, 3.8) is 0 Å². The highest BCUT2D eigenvalue weighted by Gasteiger charge is 2.24. The number of hydrogen-bond donors (Lipinski definition) is 1. The molecule has 1 fully saturated rings. The zero-order valence-electron chi connectivity index (χ0n) is 9.90. The SMILES string of the molecule is Nc1cc(-c2nc(C3CCCS3)no2)c(F)cc1F. The zero-order chi connectivity index (χ0) is 13.4. The van der Waals surface area contributed by atoms with E-state index in [0.29, 0.717) is 5.82 Å². The lowest BCUT2D eigenvalue weighted by atomic mass is 10.2. The fourth-order valence-corrected chi connectivity index (χ4v) is 3.18. The number of rotatable bonds is 2. The number of aromatic nitrogens is 2. The molecule has 0 bridgehead atoms. The van der Waals surface area contributed by atoms with Crippen LogP contribution in [0.25, 0.3) is 11.5 Å². The average molecular weight is 283 g/mol. The fourth-order valence-electron chi connectivity index (χ4n) is 1.99. The standard InChI is InChI=1S/C12H11F2N3OS/c13-7-5-8(14)9(15)4-6(7)12-16-11(17-18-12)10-2-1-3-19-10/h4-5,10H,1-3,15H2. The van der Waals surface area contributed by atoms with Gasteiger partial charge in [-0.25, -0.2) is 8.78 Å². The van der Waals surface area contributed by atoms with E-state index < -0.39 is 11.6 Å². The molecule has 0 aliphatic carbocycles. The number of nitrogens with zero attached hydrogens (tertiary/aromatic N) is 2. The summed E-state index contributed by atoms with van der Waals surface area (Å²) in [5.41, 5.74) is 5.30. The highest BCUT2D eigenvalue weighted by atomic mass is 32.2. The Balaban J connectivity index is 1.96. The van der Waals surface area contributed by atoms with Gasteiger partial charge in [0.2, 0.25) is 0 Å². The molecule has 1 aromatic heterocycles. The van der Waals surface area contributed by atoms with Gasteiger partial charge in [0.15, 0.2) is 5.82 Å². The minimum atomic E-state index is -0.799. The minimum Gasteiger partial charge on any atom is -0.396 e. The molecule has 0 saturated carbocycles. The number of nitrogen functional groups attached to an aromatic ring is 1. The number of benzene rings is 1. The van der Waals surface area contributed by atoms with Crippen LogP contribution in [0, 0.1) is 11.6 Å². The summed E-state index contributed by atoms with van der Waals surface area (Å²) in [4.78, 5) is 4.18. The van der Waals surface area contributed by atoms with Crippen molar-refractivity contribution in [1.82, 2.24) is 10.1 Å². The van der Waals surface area contributed by atoms with Gasteiger partial charge in [0.25, 0.3) is 5.89 Å². The normalized spacial score (nSPS) is 18.9. The topological polar surface area (TPSA) is 64.9 Å². The molecule has 1 aliphatic heterocycles. The molecule has 100 valence electrons. The second-order valence-corrected chi connectivity index (χ2v) is 5.62. The molecule has 1 aliphatic rings. The molecule has 4 nitrogen and oxygen atoms in total. The van der Waals surface area contributed by atoms with E-state index in [4.69, 9.17) is 10.3 Å². The summed E-state index contributed by atoms with van der Waals surface area (Å²) in [5.74, 6) is 0.0895. The van der Waals surface area contributed by atoms with Crippen LogP contribution in [-0.4, -0.2) is 15.9 Å². The van der Waals surface area contributed by atoms with Crippen molar-refractivity contribution in [3.8, 4) is 11.5 Å². The first kappa shape index (κ1) is 12.4. The Morgan fingerprint density at radius 1 is 1.32 bits per heavy atom. The third kappa shape index (κ3) is 2.30. The van der Waals surface area contributed by atoms with Crippen LogP contribution in [0.1, 0.15) is 23.9 Å². The smallest absolute Gasteiger partial charge is 0.261 e. The summed E-state index contributed by atoms with van der Waals surface area (Å²) in [6.07, 6.45) is 2.09. The van der Waals surface area contributed by atoms with Crippen LogP contribution in [0.3, 0.4) is 0 Å². The fraction of sp³-hybridized carbons (Fsp3) is 0.333. The van der Waals surface area contributed by atoms with E-state index in [2.05, 4.69) is 10.1 Å². The van der Waals surface area contributed by atoms with E-state index in [1.165, 1.54) is 6.07 Å². The predicted molar refractivity (Wildman–Crippen MR) is 68.5 cm³/mol. The number of hydrogen-bond acceptors (Lipinski definition) is 5. The molecule has 0 radical (unpaired) electrons. The Morgan fingerprint density at radius 2 is 2.16 bits per heavy atom. The van der Waals surface area contributed by atoms with Crippen molar-refractivity contribution < 1.29 is 13.3 Å². The van der Waals surface area contributed by atoms with Gasteiger partial charge in [0.1, 0.15) is 11.6 Å². The van der Waals surface area contributed by atoms with Gasteiger partial charge in [-0.1, -0.05) is 5.16 Å². The summed E-state index contributed by atoms with van der Waals surface area (Å²) >= 11 is 1.75. The summed E-state index contributed by atoms with van der Waals surface area (Å²) < 4.78 is 31.8. The van der Waals surface area contributed by atoms with Crippen molar-refractivity contribution in [2.45, 2.75) is 18.1 Å². The summed E-state index contributed by atoms with van der Waals surface area (Å²) in [5, 5.41) is 4.05. The Morgan fingerprint density at radius 3 is 2.89 bits per heavy atom. The third-order valence-corrected chi connectivity index (χ3v) is 4.35. The number of halogens is 2. The Bertz CT molecular complexity index is 611. The van der Waals surface area contributed by atoms with Crippen LogP contribution in [-0.2, 0) is 0 Å². The lowest BCUT2D eigenvalue weighted by Crippen LogP contribution is -1.95. The molecule has 0 spiro atoms. The molecule has 2 aromatic rings. The van der Waals surface area contributed by atoms with E-state index in [1.54, 1.807) is 11.8 Å². The molecule has 2 N–H and O–H groups in total. The second kappa shape index (κ2) is 4.80. The van der Waals surface area contributed by atoms with Crippen LogP contribution in [0.15, 0.2) is 16.7 Å². The van der Waals surface area contributed by atoms with Crippen LogP contribution >= 0.6 is 11.8 Å². The minimum absolute atomic E-state index is 0.0284. The first-order chi connectivity index (χ1) is 9.15. The zero-order valence-corrected chi connectivity index (χ0v) is 10.7. The molecule has 0 amide bonds. The monoisotopic (exact) mass is 283 g/mol. The van der Waals surface area contributed by atoms with Crippen molar-refractivity contribution in [1.29, 1.82) is 0 Å². The van der Waals surface area contributed by atoms with Gasteiger partial charge in [-0.15, -0.1) is 0 Å². The molecule has 1 aromatic carbocycles. The molecular weight excluding hydrogens is 272 g/mol. The van der Waals surface area contributed by atoms with E-state index in [-0.39, 0.29) is 22.4 Å². The highest BCUT2D eigenvalue weighted by Crippen LogP contribution is 2.39. The molecule has 2 heterocycles. The molecule has 19 heavy (non-hydrogen) atoms. The van der Waals surface area contributed by atoms with Gasteiger partial charge in [-0.2, -0.15) is 16.7 Å². The maximum absolute atomic E-state index is 13.7. The van der Waals surface area contributed by atoms with Gasteiger partial charge in [-0.05, 0) is 24.7 Å². The largest absolute Gasteiger partial charge is 0.396 e. The molecular formula is C12H11F2N3OS. The van der Waals surface area contributed by atoms with E-state index in [0.717, 1.165) is 24.7 Å². The quantitative estimate of drug-likeness (QED) is 0.858. The maximum Gasteiger partial charge on any atom is 0.261 e. The number of nitrogens with two attached hydrogens (primary N) is 1. The summed E-state index contributed by atoms with van der Waals surface area (Å²) in [7, 11) is 0. The van der Waals surface area contributed by atoms with Crippen molar-refractivity contribution in [2.24, 2.45) is 0 Å². The van der Waals surface area contributed by atoms with Crippen LogP contribution in [0.5, 0.6) is 0 Å². The lowest BCUT2D eigenvalue weighted by Gasteiger charge is -2.01. The van der Waals surface area contributed by atoms with Gasteiger partial charge >= 0.3 is 0 Å². The van der Waals surface area contributed by atoms with Gasteiger partial charge < -0.3 is 10.3 Å². The first-order valence-electron chi connectivity index (χ1n) is 5.85. The molecule has 3 rings (SSSR count). The Hall–Kier alpha value is -1.63. The summed E-state index contributed by atoms with van der Waals surface area (Å²) in [6, 6.07) is 1.89. The van der Waals surface area contributed by atoms with Crippen LogP contribution < -0.4 is 5.73 Å². The van der Waals surface area contributed by atoms with Crippen LogP contribution in [0.2, 0.25) is 0 Å². The van der Waals surface area contributed by atoms with E-state index >= 15 is 0 Å². The highest BCUT2D eigenvalue weighted by molar-refractivity contribution is 7.99. The molecule has 1 saturated heterocycles. The van der Waals surface area contributed by atoms with Gasteiger partial charge in [0, 0.05) is 6.07 Å². The number of thioether (sulfide) groups is 1. The van der Waals surface area contributed by atoms with Crippen molar-refractivity contribution in [2.75, 3.05) is 11.5 Å². The second-order valence-electron chi connectivity index (χ2n) is 4.31. The Kier molecular flexibility index (Phi) is 3.14. The average Bonchev–Trinajstić information content (AvgIpc) is 3.03. The summed E-state index contributed by atoms with van der Waals surface area (Å²) in [6.45, 7) is 0. The molecule has 1 unspecified atom stereocenters. The van der Waals surface area contributed by atoms with E-state index in [1.807, 2.05) is 0 Å². The van der Waals surface area contributed by atoms with E-state index in [9.17, 15) is 8.78 Å². The van der Waals surface area contributed by atoms with Crippen LogP contribution in [0.4, 0.5) is 14.5 Å². The van der Waals surface area contributed by atoms with Gasteiger partial charge in [0.05, 0.1) is 16.5 Å². The third-order valence-electron chi connectivity index (χ3n) is 2.98. The molecule has 1 atom stereocenters. The molecule has 7 heteroatoms. The van der Waals surface area contributed by atoms with Crippen molar-refractivity contribution >= 4 is 17.4 Å².